The summed E-state index contributed by atoms with van der Waals surface area (Å²) in [5, 5.41) is 4.45. The molecule has 0 aromatic heterocycles. The van der Waals surface area contributed by atoms with E-state index >= 15 is 0 Å². The fraction of sp³-hybridized carbons (Fsp3) is 0.364. The summed E-state index contributed by atoms with van der Waals surface area (Å²) in [7, 11) is -3.95. The van der Waals surface area contributed by atoms with E-state index in [1.807, 2.05) is 0 Å². The summed E-state index contributed by atoms with van der Waals surface area (Å²) in [5.41, 5.74) is -1.91. The number of carbonyl (C=O) groups excluding carboxylic acids is 2. The van der Waals surface area contributed by atoms with Gasteiger partial charge in [-0.3, -0.25) is 9.59 Å². The summed E-state index contributed by atoms with van der Waals surface area (Å²) < 4.78 is 73.6. The Morgan fingerprint density at radius 3 is 2.26 bits per heavy atom. The largest absolute Gasteiger partial charge is 0.418 e. The Balaban J connectivity index is 1.88. The van der Waals surface area contributed by atoms with Crippen LogP contribution in [0.5, 0.6) is 0 Å². The second kappa shape index (κ2) is 9.72. The lowest BCUT2D eigenvalue weighted by Crippen LogP contribution is -2.48. The van der Waals surface area contributed by atoms with Crippen LogP contribution >= 0.6 is 0 Å². The molecular weight excluding hydrogens is 475 g/mol. The second-order valence-corrected chi connectivity index (χ2v) is 9.94. The van der Waals surface area contributed by atoms with Crippen LogP contribution in [0.15, 0.2) is 47.4 Å². The normalized spacial score (nSPS) is 19.5. The monoisotopic (exact) mass is 499 g/mol. The van der Waals surface area contributed by atoms with E-state index in [2.05, 4.69) is 10.6 Å². The zero-order valence-corrected chi connectivity index (χ0v) is 19.5. The fourth-order valence-electron chi connectivity index (χ4n) is 3.64. The minimum Gasteiger partial charge on any atom is -0.373 e. The number of alkyl halides is 3. The summed E-state index contributed by atoms with van der Waals surface area (Å²) in [6, 6.07) is 8.03. The van der Waals surface area contributed by atoms with Gasteiger partial charge in [0.05, 0.1) is 28.4 Å². The van der Waals surface area contributed by atoms with E-state index in [0.29, 0.717) is 6.07 Å². The maximum absolute atomic E-state index is 13.5. The van der Waals surface area contributed by atoms with Crippen LogP contribution in [-0.4, -0.2) is 49.8 Å². The Morgan fingerprint density at radius 1 is 1.03 bits per heavy atom. The number of hydrogen-bond acceptors (Lipinski definition) is 5. The van der Waals surface area contributed by atoms with Crippen molar-refractivity contribution < 1.29 is 35.9 Å². The van der Waals surface area contributed by atoms with Crippen LogP contribution in [0.1, 0.15) is 36.7 Å². The molecule has 1 aliphatic heterocycles. The number of nitrogens with zero attached hydrogens (tertiary/aromatic N) is 1. The van der Waals surface area contributed by atoms with E-state index in [1.165, 1.54) is 28.6 Å². The molecule has 3 rings (SSSR count). The van der Waals surface area contributed by atoms with Crippen molar-refractivity contribution >= 4 is 33.2 Å². The minimum atomic E-state index is -4.81. The molecule has 2 atom stereocenters. The van der Waals surface area contributed by atoms with E-state index < -0.39 is 39.3 Å². The molecular formula is C22H24F3N3O5S. The van der Waals surface area contributed by atoms with Crippen LogP contribution in [0, 0.1) is 0 Å². The molecule has 0 spiro atoms. The molecule has 0 saturated carbocycles. The zero-order chi connectivity index (χ0) is 25.3. The lowest BCUT2D eigenvalue weighted by Gasteiger charge is -2.34. The van der Waals surface area contributed by atoms with Gasteiger partial charge in [0.15, 0.2) is 0 Å². The molecule has 1 heterocycles. The average Bonchev–Trinajstić information content (AvgIpc) is 2.73. The summed E-state index contributed by atoms with van der Waals surface area (Å²) >= 11 is 0. The molecule has 1 saturated heterocycles. The van der Waals surface area contributed by atoms with Crippen LogP contribution < -0.4 is 10.6 Å². The number of halogens is 3. The number of ether oxygens (including phenoxy) is 1. The molecule has 184 valence electrons. The zero-order valence-electron chi connectivity index (χ0n) is 18.6. The van der Waals surface area contributed by atoms with Crippen molar-refractivity contribution in [3.8, 4) is 0 Å². The van der Waals surface area contributed by atoms with Gasteiger partial charge in [-0.15, -0.1) is 0 Å². The molecule has 0 unspecified atom stereocenters. The van der Waals surface area contributed by atoms with Gasteiger partial charge < -0.3 is 15.4 Å². The topological polar surface area (TPSA) is 105 Å². The van der Waals surface area contributed by atoms with Crippen molar-refractivity contribution in [2.24, 2.45) is 0 Å². The smallest absolute Gasteiger partial charge is 0.373 e. The maximum atomic E-state index is 13.5. The number of hydrogen-bond donors (Lipinski definition) is 2. The highest BCUT2D eigenvalue weighted by Gasteiger charge is 2.35. The van der Waals surface area contributed by atoms with Crippen LogP contribution in [0.3, 0.4) is 0 Å². The Labute approximate surface area is 195 Å². The maximum Gasteiger partial charge on any atom is 0.418 e. The molecule has 12 heteroatoms. The van der Waals surface area contributed by atoms with E-state index in [-0.39, 0.29) is 41.4 Å². The van der Waals surface area contributed by atoms with E-state index in [0.717, 1.165) is 19.1 Å². The third kappa shape index (κ3) is 5.93. The van der Waals surface area contributed by atoms with E-state index in [4.69, 9.17) is 4.74 Å². The molecule has 0 bridgehead atoms. The number of rotatable bonds is 5. The summed E-state index contributed by atoms with van der Waals surface area (Å²) in [6.07, 6.45) is -5.44. The highest BCUT2D eigenvalue weighted by molar-refractivity contribution is 7.89. The SMILES string of the molecule is CC(=O)Nc1ccc(NC(=O)c2cccc(S(=O)(=O)N3C[C@H](C)O[C@@H](C)C3)c2)c(C(F)(F)F)c1. The first kappa shape index (κ1) is 25.7. The highest BCUT2D eigenvalue weighted by Crippen LogP contribution is 2.37. The van der Waals surface area contributed by atoms with Crippen LogP contribution in [0.2, 0.25) is 0 Å². The fourth-order valence-corrected chi connectivity index (χ4v) is 5.27. The summed E-state index contributed by atoms with van der Waals surface area (Å²) in [4.78, 5) is 23.7. The number of carbonyl (C=O) groups is 2. The quantitative estimate of drug-likeness (QED) is 0.653. The molecule has 1 fully saturated rings. The van der Waals surface area contributed by atoms with Crippen molar-refractivity contribution in [1.82, 2.24) is 4.31 Å². The predicted molar refractivity (Wildman–Crippen MR) is 119 cm³/mol. The Morgan fingerprint density at radius 2 is 1.68 bits per heavy atom. The van der Waals surface area contributed by atoms with Gasteiger partial charge in [-0.25, -0.2) is 8.42 Å². The van der Waals surface area contributed by atoms with Gasteiger partial charge in [0.2, 0.25) is 15.9 Å². The lowest BCUT2D eigenvalue weighted by molar-refractivity contribution is -0.137. The molecule has 2 aromatic rings. The predicted octanol–water partition coefficient (Wildman–Crippen LogP) is 3.71. The van der Waals surface area contributed by atoms with Crippen molar-refractivity contribution in [3.05, 3.63) is 53.6 Å². The van der Waals surface area contributed by atoms with Gasteiger partial charge in [-0.1, -0.05) is 6.07 Å². The van der Waals surface area contributed by atoms with E-state index in [1.54, 1.807) is 13.8 Å². The van der Waals surface area contributed by atoms with Crippen molar-refractivity contribution in [2.45, 2.75) is 44.1 Å². The average molecular weight is 500 g/mol. The minimum absolute atomic E-state index is 0.0834. The molecule has 2 N–H and O–H groups in total. The standard InChI is InChI=1S/C22H24F3N3O5S/c1-13-11-28(12-14(2)33-13)34(31,32)18-6-4-5-16(9-18)21(30)27-20-8-7-17(26-15(3)29)10-19(20)22(23,24)25/h4-10,13-14H,11-12H2,1-3H3,(H,26,29)(H,27,30)/t13-,14-/m0/s1. The third-order valence-corrected chi connectivity index (χ3v) is 6.84. The second-order valence-electron chi connectivity index (χ2n) is 8.00. The van der Waals surface area contributed by atoms with Gasteiger partial charge >= 0.3 is 6.18 Å². The van der Waals surface area contributed by atoms with Crippen LogP contribution in [-0.2, 0) is 25.7 Å². The van der Waals surface area contributed by atoms with Gasteiger partial charge in [-0.05, 0) is 50.2 Å². The summed E-state index contributed by atoms with van der Waals surface area (Å²) in [5.74, 6) is -1.47. The number of benzene rings is 2. The molecule has 34 heavy (non-hydrogen) atoms. The Kier molecular flexibility index (Phi) is 7.34. The first-order valence-corrected chi connectivity index (χ1v) is 11.8. The van der Waals surface area contributed by atoms with Crippen LogP contribution in [0.25, 0.3) is 0 Å². The Bertz CT molecular complexity index is 1190. The lowest BCUT2D eigenvalue weighted by atomic mass is 10.1. The number of nitrogens with one attached hydrogen (secondary N) is 2. The first-order valence-electron chi connectivity index (χ1n) is 10.3. The number of morpholine rings is 1. The highest BCUT2D eigenvalue weighted by atomic mass is 32.2. The van der Waals surface area contributed by atoms with Crippen molar-refractivity contribution in [3.63, 3.8) is 0 Å². The van der Waals surface area contributed by atoms with Gasteiger partial charge in [0.25, 0.3) is 5.91 Å². The molecule has 0 aliphatic carbocycles. The molecule has 2 amide bonds. The van der Waals surface area contributed by atoms with Crippen molar-refractivity contribution in [1.29, 1.82) is 0 Å². The number of anilines is 2. The molecule has 0 radical (unpaired) electrons. The number of amides is 2. The van der Waals surface area contributed by atoms with E-state index in [9.17, 15) is 31.2 Å². The molecule has 1 aliphatic rings. The molecule has 8 nitrogen and oxygen atoms in total. The van der Waals surface area contributed by atoms with Crippen LogP contribution in [0.4, 0.5) is 24.5 Å². The van der Waals surface area contributed by atoms with Gasteiger partial charge in [0.1, 0.15) is 0 Å². The molecule has 2 aromatic carbocycles. The Hall–Kier alpha value is -2.96. The first-order chi connectivity index (χ1) is 15.8. The number of sulfonamides is 1. The van der Waals surface area contributed by atoms with Gasteiger partial charge in [-0.2, -0.15) is 17.5 Å². The van der Waals surface area contributed by atoms with Gasteiger partial charge in [0, 0.05) is 31.3 Å². The summed E-state index contributed by atoms with van der Waals surface area (Å²) in [6.45, 7) is 4.93. The third-order valence-electron chi connectivity index (χ3n) is 5.01. The van der Waals surface area contributed by atoms with Crippen molar-refractivity contribution in [2.75, 3.05) is 23.7 Å².